The third-order valence-corrected chi connectivity index (χ3v) is 3.39. The zero-order valence-corrected chi connectivity index (χ0v) is 11.6. The lowest BCUT2D eigenvalue weighted by Crippen LogP contribution is -2.28. The first-order valence-electron chi connectivity index (χ1n) is 5.97. The van der Waals surface area contributed by atoms with Crippen LogP contribution in [0.4, 0.5) is 9.80 Å². The van der Waals surface area contributed by atoms with Crippen molar-refractivity contribution in [3.63, 3.8) is 0 Å². The molecule has 1 aromatic heterocycles. The molecule has 0 saturated heterocycles. The lowest BCUT2D eigenvalue weighted by Gasteiger charge is -2.06. The summed E-state index contributed by atoms with van der Waals surface area (Å²) >= 11 is 1.40. The molecule has 5 nitrogen and oxygen atoms in total. The van der Waals surface area contributed by atoms with Crippen LogP contribution in [0.2, 0.25) is 0 Å². The maximum atomic E-state index is 11.7. The van der Waals surface area contributed by atoms with Gasteiger partial charge in [-0.05, 0) is 26.3 Å². The van der Waals surface area contributed by atoms with Gasteiger partial charge < -0.3 is 10.1 Å². The minimum atomic E-state index is -0.403. The number of rotatable bonds is 5. The number of anilines is 1. The van der Waals surface area contributed by atoms with Crippen molar-refractivity contribution in [1.29, 1.82) is 0 Å². The Labute approximate surface area is 111 Å². The van der Waals surface area contributed by atoms with Crippen molar-refractivity contribution < 1.29 is 14.3 Å². The molecule has 0 unspecified atom stereocenters. The Kier molecular flexibility index (Phi) is 5.64. The van der Waals surface area contributed by atoms with Gasteiger partial charge in [-0.2, -0.15) is 0 Å². The van der Waals surface area contributed by atoms with Crippen LogP contribution in [-0.2, 0) is 11.2 Å². The van der Waals surface area contributed by atoms with Crippen molar-refractivity contribution in [1.82, 2.24) is 5.32 Å². The van der Waals surface area contributed by atoms with Gasteiger partial charge >= 0.3 is 12.0 Å². The number of hydrogen-bond acceptors (Lipinski definition) is 4. The molecule has 100 valence electrons. The van der Waals surface area contributed by atoms with Gasteiger partial charge in [-0.15, -0.1) is 11.3 Å². The Hall–Kier alpha value is -1.56. The highest BCUT2D eigenvalue weighted by Crippen LogP contribution is 2.29. The molecule has 0 bridgehead atoms. The summed E-state index contributed by atoms with van der Waals surface area (Å²) in [5.74, 6) is -0.403. The van der Waals surface area contributed by atoms with E-state index >= 15 is 0 Å². The smallest absolute Gasteiger partial charge is 0.341 e. The van der Waals surface area contributed by atoms with Gasteiger partial charge in [0.1, 0.15) is 5.00 Å². The quantitative estimate of drug-likeness (QED) is 0.808. The van der Waals surface area contributed by atoms with Crippen molar-refractivity contribution in [3.8, 4) is 0 Å². The minimum Gasteiger partial charge on any atom is -0.462 e. The second kappa shape index (κ2) is 7.00. The van der Waals surface area contributed by atoms with Gasteiger partial charge in [0.05, 0.1) is 12.2 Å². The number of nitrogens with one attached hydrogen (secondary N) is 2. The molecule has 6 heteroatoms. The molecule has 0 spiro atoms. The highest BCUT2D eigenvalue weighted by atomic mass is 32.1. The molecule has 0 aliphatic carbocycles. The van der Waals surface area contributed by atoms with Gasteiger partial charge in [0.2, 0.25) is 0 Å². The summed E-state index contributed by atoms with van der Waals surface area (Å²) in [6.07, 6.45) is 0.814. The fraction of sp³-hybridized carbons (Fsp3) is 0.500. The van der Waals surface area contributed by atoms with Crippen molar-refractivity contribution >= 4 is 28.3 Å². The molecule has 2 N–H and O–H groups in total. The van der Waals surface area contributed by atoms with Crippen molar-refractivity contribution in [3.05, 3.63) is 16.5 Å². The van der Waals surface area contributed by atoms with E-state index in [0.29, 0.717) is 23.7 Å². The molecule has 1 rings (SSSR count). The molecular weight excluding hydrogens is 252 g/mol. The Morgan fingerprint density at radius 3 is 2.61 bits per heavy atom. The molecule has 0 aliphatic heterocycles. The number of amides is 2. The molecule has 0 radical (unpaired) electrons. The van der Waals surface area contributed by atoms with Gasteiger partial charge in [-0.3, -0.25) is 5.32 Å². The number of carbonyl (C=O) groups is 2. The highest BCUT2D eigenvalue weighted by Gasteiger charge is 2.18. The van der Waals surface area contributed by atoms with Crippen LogP contribution in [0.1, 0.15) is 36.0 Å². The normalized spacial score (nSPS) is 9.94. The second-order valence-corrected chi connectivity index (χ2v) is 4.65. The molecule has 0 aromatic carbocycles. The van der Waals surface area contributed by atoms with Gasteiger partial charge in [-0.25, -0.2) is 9.59 Å². The lowest BCUT2D eigenvalue weighted by molar-refractivity contribution is 0.0528. The van der Waals surface area contributed by atoms with Crippen LogP contribution in [0.5, 0.6) is 0 Å². The van der Waals surface area contributed by atoms with E-state index in [9.17, 15) is 9.59 Å². The fourth-order valence-electron chi connectivity index (χ4n) is 1.38. The van der Waals surface area contributed by atoms with E-state index in [1.807, 2.05) is 13.8 Å². The number of hydrogen-bond donors (Lipinski definition) is 2. The predicted octanol–water partition coefficient (Wildman–Crippen LogP) is 2.63. The summed E-state index contributed by atoms with van der Waals surface area (Å²) in [6, 6.07) is 1.46. The first kappa shape index (κ1) is 14.5. The van der Waals surface area contributed by atoms with Crippen LogP contribution in [-0.4, -0.2) is 25.2 Å². The molecule has 1 heterocycles. The molecule has 18 heavy (non-hydrogen) atoms. The number of aryl methyl sites for hydroxylation is 1. The summed E-state index contributed by atoms with van der Waals surface area (Å²) in [5.41, 5.74) is 0.421. The topological polar surface area (TPSA) is 67.4 Å². The first-order valence-corrected chi connectivity index (χ1v) is 6.78. The van der Waals surface area contributed by atoms with E-state index in [1.165, 1.54) is 11.3 Å². The monoisotopic (exact) mass is 270 g/mol. The number of ether oxygens (including phenoxy) is 1. The van der Waals surface area contributed by atoms with Gasteiger partial charge in [-0.1, -0.05) is 6.92 Å². The molecule has 0 atom stereocenters. The molecule has 1 aromatic rings. The maximum Gasteiger partial charge on any atom is 0.341 e. The average Bonchev–Trinajstić information content (AvgIpc) is 2.73. The zero-order valence-electron chi connectivity index (χ0n) is 10.8. The second-order valence-electron chi connectivity index (χ2n) is 3.51. The Morgan fingerprint density at radius 2 is 2.06 bits per heavy atom. The fourth-order valence-corrected chi connectivity index (χ4v) is 2.36. The molecule has 0 fully saturated rings. The predicted molar refractivity (Wildman–Crippen MR) is 72.3 cm³/mol. The largest absolute Gasteiger partial charge is 0.462 e. The summed E-state index contributed by atoms with van der Waals surface area (Å²) in [7, 11) is 0. The third kappa shape index (κ3) is 3.73. The van der Waals surface area contributed by atoms with Crippen LogP contribution < -0.4 is 10.6 Å². The van der Waals surface area contributed by atoms with Gasteiger partial charge in [0, 0.05) is 11.4 Å². The molecule has 0 saturated carbocycles. The van der Waals surface area contributed by atoms with E-state index in [1.54, 1.807) is 13.0 Å². The van der Waals surface area contributed by atoms with E-state index in [4.69, 9.17) is 4.74 Å². The van der Waals surface area contributed by atoms with E-state index in [0.717, 1.165) is 11.3 Å². The van der Waals surface area contributed by atoms with E-state index in [-0.39, 0.29) is 6.03 Å². The van der Waals surface area contributed by atoms with Crippen molar-refractivity contribution in [2.24, 2.45) is 0 Å². The number of urea groups is 1. The summed E-state index contributed by atoms with van der Waals surface area (Å²) < 4.78 is 4.96. The van der Waals surface area contributed by atoms with Crippen LogP contribution >= 0.6 is 11.3 Å². The first-order chi connectivity index (χ1) is 8.62. The van der Waals surface area contributed by atoms with E-state index < -0.39 is 5.97 Å². The van der Waals surface area contributed by atoms with Crippen LogP contribution in [0.25, 0.3) is 0 Å². The minimum absolute atomic E-state index is 0.312. The summed E-state index contributed by atoms with van der Waals surface area (Å²) in [4.78, 5) is 24.3. The number of esters is 1. The third-order valence-electron chi connectivity index (χ3n) is 2.19. The Morgan fingerprint density at radius 1 is 1.33 bits per heavy atom. The van der Waals surface area contributed by atoms with Crippen LogP contribution in [0, 0.1) is 0 Å². The standard InChI is InChI=1S/C12H18N2O3S/c1-4-8-7-9(11(15)17-6-3)10(18-8)14-12(16)13-5-2/h7H,4-6H2,1-3H3,(H2,13,14,16). The van der Waals surface area contributed by atoms with Gasteiger partial charge in [0.15, 0.2) is 0 Å². The number of thiophene rings is 1. The lowest BCUT2D eigenvalue weighted by atomic mass is 10.2. The van der Waals surface area contributed by atoms with Crippen molar-refractivity contribution in [2.45, 2.75) is 27.2 Å². The summed E-state index contributed by atoms with van der Waals surface area (Å²) in [6.45, 7) is 6.43. The highest BCUT2D eigenvalue weighted by molar-refractivity contribution is 7.16. The SMILES string of the molecule is CCNC(=O)Nc1sc(CC)cc1C(=O)OCC. The summed E-state index contributed by atoms with van der Waals surface area (Å²) in [5, 5.41) is 5.84. The van der Waals surface area contributed by atoms with Crippen LogP contribution in [0.15, 0.2) is 6.07 Å². The molecule has 2 amide bonds. The maximum absolute atomic E-state index is 11.7. The molecular formula is C12H18N2O3S. The van der Waals surface area contributed by atoms with Crippen LogP contribution in [0.3, 0.4) is 0 Å². The number of carbonyl (C=O) groups excluding carboxylic acids is 2. The molecule has 0 aliphatic rings. The van der Waals surface area contributed by atoms with E-state index in [2.05, 4.69) is 10.6 Å². The van der Waals surface area contributed by atoms with Crippen molar-refractivity contribution in [2.75, 3.05) is 18.5 Å². The Bertz CT molecular complexity index is 429. The Balaban J connectivity index is 2.90. The zero-order chi connectivity index (χ0) is 13.5. The van der Waals surface area contributed by atoms with Gasteiger partial charge in [0.25, 0.3) is 0 Å². The average molecular weight is 270 g/mol.